The van der Waals surface area contributed by atoms with Crippen LogP contribution < -0.4 is 0 Å². The van der Waals surface area contributed by atoms with E-state index in [4.69, 9.17) is 4.74 Å². The van der Waals surface area contributed by atoms with Crippen molar-refractivity contribution < 1.29 is 19.4 Å². The molecular formula is C21H24N2O4. The third-order valence-electron chi connectivity index (χ3n) is 6.17. The lowest BCUT2D eigenvalue weighted by Gasteiger charge is -2.48. The highest BCUT2D eigenvalue weighted by atomic mass is 16.5. The minimum absolute atomic E-state index is 0.0834. The minimum Gasteiger partial charge on any atom is -0.468 e. The van der Waals surface area contributed by atoms with Gasteiger partial charge in [0.15, 0.2) is 5.78 Å². The Morgan fingerprint density at radius 3 is 2.85 bits per heavy atom. The largest absolute Gasteiger partial charge is 0.468 e. The van der Waals surface area contributed by atoms with Gasteiger partial charge in [-0.15, -0.1) is 0 Å². The Bertz CT molecular complexity index is 960. The van der Waals surface area contributed by atoms with Gasteiger partial charge in [-0.1, -0.05) is 29.8 Å². The third kappa shape index (κ3) is 2.40. The summed E-state index contributed by atoms with van der Waals surface area (Å²) >= 11 is 0. The molecule has 1 saturated heterocycles. The monoisotopic (exact) mass is 368 g/mol. The molecule has 1 aromatic heterocycles. The van der Waals surface area contributed by atoms with E-state index in [9.17, 15) is 14.7 Å². The van der Waals surface area contributed by atoms with E-state index in [0.29, 0.717) is 24.3 Å². The highest BCUT2D eigenvalue weighted by Gasteiger charge is 2.59. The normalized spacial score (nSPS) is 30.1. The molecule has 0 radical (unpaired) electrons. The Kier molecular flexibility index (Phi) is 4.20. The Labute approximate surface area is 157 Å². The van der Waals surface area contributed by atoms with Crippen molar-refractivity contribution in [3.63, 3.8) is 0 Å². The molecular weight excluding hydrogens is 344 g/mol. The predicted octanol–water partition coefficient (Wildman–Crippen LogP) is 2.46. The molecule has 2 N–H and O–H groups in total. The number of fused-ring (bicyclic) bond motifs is 4. The summed E-state index contributed by atoms with van der Waals surface area (Å²) in [6, 6.07) is 7.48. The van der Waals surface area contributed by atoms with Crippen LogP contribution in [0, 0.1) is 11.3 Å². The number of benzene rings is 1. The summed E-state index contributed by atoms with van der Waals surface area (Å²) < 4.78 is 5.18. The zero-order valence-corrected chi connectivity index (χ0v) is 15.8. The molecule has 0 spiro atoms. The van der Waals surface area contributed by atoms with Gasteiger partial charge >= 0.3 is 5.97 Å². The number of aromatic amines is 1. The number of aromatic nitrogens is 1. The number of H-pyrrole nitrogens is 1. The average Bonchev–Trinajstić information content (AvgIpc) is 3.03. The van der Waals surface area contributed by atoms with Crippen LogP contribution in [0.4, 0.5) is 0 Å². The molecule has 6 nitrogen and oxygen atoms in total. The van der Waals surface area contributed by atoms with Crippen molar-refractivity contribution in [1.82, 2.24) is 9.88 Å². The van der Waals surface area contributed by atoms with Crippen LogP contribution in [0.2, 0.25) is 0 Å². The number of hydrogen-bond acceptors (Lipinski definition) is 5. The van der Waals surface area contributed by atoms with Crippen molar-refractivity contribution in [1.29, 1.82) is 0 Å². The van der Waals surface area contributed by atoms with Gasteiger partial charge in [-0.25, -0.2) is 0 Å². The van der Waals surface area contributed by atoms with E-state index >= 15 is 0 Å². The number of esters is 1. The van der Waals surface area contributed by atoms with Gasteiger partial charge in [0.2, 0.25) is 0 Å². The molecule has 2 heterocycles. The van der Waals surface area contributed by atoms with Crippen LogP contribution in [0.25, 0.3) is 10.9 Å². The van der Waals surface area contributed by atoms with Crippen LogP contribution in [-0.4, -0.2) is 54.0 Å². The molecule has 1 fully saturated rings. The van der Waals surface area contributed by atoms with E-state index in [2.05, 4.69) is 4.98 Å². The Morgan fingerprint density at radius 2 is 2.15 bits per heavy atom. The summed E-state index contributed by atoms with van der Waals surface area (Å²) in [6.45, 7) is 2.90. The van der Waals surface area contributed by atoms with E-state index in [0.717, 1.165) is 16.5 Å². The number of likely N-dealkylation sites (tertiary alicyclic amines) is 1. The fraction of sp³-hybridized carbons (Fsp3) is 0.429. The number of ether oxygens (including phenoxy) is 1. The number of carbonyl (C=O) groups is 2. The van der Waals surface area contributed by atoms with Gasteiger partial charge in [0.25, 0.3) is 0 Å². The van der Waals surface area contributed by atoms with Crippen LogP contribution in [0.5, 0.6) is 0 Å². The van der Waals surface area contributed by atoms with Gasteiger partial charge < -0.3 is 19.7 Å². The lowest BCUT2D eigenvalue weighted by molar-refractivity contribution is -0.170. The Morgan fingerprint density at radius 1 is 1.41 bits per heavy atom. The van der Waals surface area contributed by atoms with Crippen molar-refractivity contribution in [3.05, 3.63) is 47.2 Å². The maximum Gasteiger partial charge on any atom is 0.316 e. The quantitative estimate of drug-likeness (QED) is 0.597. The summed E-state index contributed by atoms with van der Waals surface area (Å²) in [5.41, 5.74) is 1.45. The Hall–Kier alpha value is -2.44. The molecule has 0 bridgehead atoms. The third-order valence-corrected chi connectivity index (χ3v) is 6.17. The number of allylic oxidation sites excluding steroid dienone is 1. The topological polar surface area (TPSA) is 82.6 Å². The molecule has 6 heteroatoms. The number of rotatable bonds is 1. The lowest BCUT2D eigenvalue weighted by atomic mass is 9.63. The summed E-state index contributed by atoms with van der Waals surface area (Å²) in [5, 5.41) is 12.4. The van der Waals surface area contributed by atoms with Crippen molar-refractivity contribution in [2.45, 2.75) is 19.4 Å². The van der Waals surface area contributed by atoms with Crippen molar-refractivity contribution in [2.75, 3.05) is 27.2 Å². The smallest absolute Gasteiger partial charge is 0.316 e. The van der Waals surface area contributed by atoms with Gasteiger partial charge in [0, 0.05) is 41.9 Å². The van der Waals surface area contributed by atoms with Crippen molar-refractivity contribution in [3.8, 4) is 0 Å². The maximum absolute atomic E-state index is 13.1. The highest BCUT2D eigenvalue weighted by Crippen LogP contribution is 2.53. The lowest BCUT2D eigenvalue weighted by Crippen LogP contribution is -2.56. The molecule has 1 aromatic carbocycles. The molecule has 142 valence electrons. The molecule has 1 aliphatic carbocycles. The Balaban J connectivity index is 2.03. The zero-order valence-electron chi connectivity index (χ0n) is 15.8. The van der Waals surface area contributed by atoms with E-state index in [1.807, 2.05) is 49.2 Å². The van der Waals surface area contributed by atoms with Crippen molar-refractivity contribution >= 4 is 22.7 Å². The summed E-state index contributed by atoms with van der Waals surface area (Å²) in [4.78, 5) is 31.4. The fourth-order valence-corrected chi connectivity index (χ4v) is 4.97. The molecule has 2 aromatic rings. The van der Waals surface area contributed by atoms with Crippen LogP contribution in [0.15, 0.2) is 35.9 Å². The number of methoxy groups -OCH3 is 1. The first kappa shape index (κ1) is 17.9. The first-order valence-electron chi connectivity index (χ1n) is 9.18. The number of Topliss-reactive ketones (excluding diaryl/α,β-unsaturated/α-hetero) is 1. The first-order valence-corrected chi connectivity index (χ1v) is 9.18. The molecule has 27 heavy (non-hydrogen) atoms. The second kappa shape index (κ2) is 6.32. The number of hydrogen-bond donors (Lipinski definition) is 2. The maximum atomic E-state index is 13.1. The molecule has 1 aliphatic heterocycles. The summed E-state index contributed by atoms with van der Waals surface area (Å²) in [7, 11) is 3.26. The van der Waals surface area contributed by atoms with Crippen molar-refractivity contribution in [2.24, 2.45) is 11.3 Å². The number of nitrogens with zero attached hydrogens (tertiary/aromatic N) is 1. The predicted molar refractivity (Wildman–Crippen MR) is 101 cm³/mol. The second-order valence-electron chi connectivity index (χ2n) is 7.61. The summed E-state index contributed by atoms with van der Waals surface area (Å²) in [5.74, 6) is -0.954. The molecule has 2 aliphatic rings. The van der Waals surface area contributed by atoms with Crippen LogP contribution >= 0.6 is 0 Å². The van der Waals surface area contributed by atoms with Gasteiger partial charge in [-0.3, -0.25) is 9.59 Å². The number of aliphatic hydroxyl groups is 1. The summed E-state index contributed by atoms with van der Waals surface area (Å²) in [6.07, 6.45) is 0.972. The second-order valence-corrected chi connectivity index (χ2v) is 7.61. The number of carbonyl (C=O) groups excluding carboxylic acids is 2. The first-order chi connectivity index (χ1) is 12.9. The van der Waals surface area contributed by atoms with Crippen LogP contribution in [0.1, 0.15) is 35.5 Å². The number of ketones is 1. The number of nitrogens with one attached hydrogen (secondary N) is 1. The van der Waals surface area contributed by atoms with Gasteiger partial charge in [0.05, 0.1) is 18.9 Å². The SMILES string of the molecule is CC=C1CN(C)CC2(C(=O)OC)C1CC(=O)c1[nH]c3ccccc3c1C2O. The van der Waals surface area contributed by atoms with E-state index in [-0.39, 0.29) is 12.2 Å². The highest BCUT2D eigenvalue weighted by molar-refractivity contribution is 6.04. The van der Waals surface area contributed by atoms with E-state index in [1.54, 1.807) is 0 Å². The molecule has 3 unspecified atom stereocenters. The van der Waals surface area contributed by atoms with Crippen LogP contribution in [-0.2, 0) is 9.53 Å². The molecule has 3 atom stereocenters. The van der Waals surface area contributed by atoms with Gasteiger partial charge in [-0.2, -0.15) is 0 Å². The number of likely N-dealkylation sites (N-methyl/N-ethyl adjacent to an activating group) is 1. The number of piperidine rings is 1. The van der Waals surface area contributed by atoms with Gasteiger partial charge in [-0.05, 0) is 20.0 Å². The molecule has 4 rings (SSSR count). The standard InChI is InChI=1S/C21H24N2O4/c1-4-12-10-23(2)11-21(20(26)27-3)14(12)9-16(24)18-17(19(21)25)13-7-5-6-8-15(13)22-18/h4-8,14,19,22,25H,9-11H2,1-3H3. The van der Waals surface area contributed by atoms with E-state index < -0.39 is 23.4 Å². The molecule has 0 amide bonds. The number of aliphatic hydroxyl groups excluding tert-OH is 1. The zero-order chi connectivity index (χ0) is 19.3. The molecule has 0 saturated carbocycles. The van der Waals surface area contributed by atoms with Crippen LogP contribution in [0.3, 0.4) is 0 Å². The number of para-hydroxylation sites is 1. The average molecular weight is 368 g/mol. The van der Waals surface area contributed by atoms with Gasteiger partial charge in [0.1, 0.15) is 5.41 Å². The fourth-order valence-electron chi connectivity index (χ4n) is 4.97. The van der Waals surface area contributed by atoms with E-state index in [1.165, 1.54) is 7.11 Å². The minimum atomic E-state index is -1.23.